The molecule has 5 heteroatoms. The van der Waals surface area contributed by atoms with E-state index in [0.717, 1.165) is 12.2 Å². The van der Waals surface area contributed by atoms with E-state index in [1.807, 2.05) is 11.9 Å². The van der Waals surface area contributed by atoms with Crippen LogP contribution in [0.25, 0.3) is 0 Å². The molecule has 1 N–H and O–H groups in total. The lowest BCUT2D eigenvalue weighted by Crippen LogP contribution is -2.34. The summed E-state index contributed by atoms with van der Waals surface area (Å²) in [5, 5.41) is 9.14. The number of nitrogens with zero attached hydrogens (tertiary/aromatic N) is 2. The predicted octanol–water partition coefficient (Wildman–Crippen LogP) is 2.36. The maximum Gasteiger partial charge on any atom is 0.337 e. The van der Waals surface area contributed by atoms with Crippen molar-refractivity contribution in [3.8, 4) is 0 Å². The third kappa shape index (κ3) is 3.36. The van der Waals surface area contributed by atoms with Crippen LogP contribution in [0.5, 0.6) is 0 Å². The Hall–Kier alpha value is -1.23. The summed E-state index contributed by atoms with van der Waals surface area (Å²) in [5.74, 6) is 0.0641. The van der Waals surface area contributed by atoms with Crippen LogP contribution in [0.3, 0.4) is 0 Å². The molecule has 0 aliphatic heterocycles. The van der Waals surface area contributed by atoms with Crippen molar-refractivity contribution in [1.29, 1.82) is 0 Å². The molecule has 0 radical (unpaired) electrons. The van der Waals surface area contributed by atoms with Gasteiger partial charge in [0.15, 0.2) is 0 Å². The second-order valence-electron chi connectivity index (χ2n) is 3.83. The first-order chi connectivity index (χ1) is 8.11. The molecule has 0 saturated carbocycles. The van der Waals surface area contributed by atoms with Crippen molar-refractivity contribution < 1.29 is 9.90 Å². The van der Waals surface area contributed by atoms with Crippen molar-refractivity contribution in [2.24, 2.45) is 0 Å². The standard InChI is InChI=1S/C12H18N2O2S/c1-4-9(8-17-3)14(2)11-7-13-6-5-10(11)12(15)16/h5-7,9H,4,8H2,1-3H3,(H,15,16). The summed E-state index contributed by atoms with van der Waals surface area (Å²) in [7, 11) is 1.92. The van der Waals surface area contributed by atoms with E-state index >= 15 is 0 Å². The Morgan fingerprint density at radius 1 is 1.65 bits per heavy atom. The molecule has 0 amide bonds. The molecular weight excluding hydrogens is 236 g/mol. The molecule has 0 spiro atoms. The van der Waals surface area contributed by atoms with Crippen molar-refractivity contribution in [3.05, 3.63) is 24.0 Å². The molecule has 1 aromatic rings. The minimum atomic E-state index is -0.909. The first kappa shape index (κ1) is 13.8. The molecule has 17 heavy (non-hydrogen) atoms. The number of hydrogen-bond donors (Lipinski definition) is 1. The quantitative estimate of drug-likeness (QED) is 0.844. The molecule has 1 atom stereocenters. The SMILES string of the molecule is CCC(CSC)N(C)c1cnccc1C(=O)O. The zero-order valence-electron chi connectivity index (χ0n) is 10.4. The lowest BCUT2D eigenvalue weighted by atomic mass is 10.1. The first-order valence-electron chi connectivity index (χ1n) is 5.50. The van der Waals surface area contributed by atoms with Crippen LogP contribution in [-0.4, -0.2) is 41.2 Å². The molecule has 0 aromatic carbocycles. The fourth-order valence-electron chi connectivity index (χ4n) is 1.74. The molecule has 1 unspecified atom stereocenters. The van der Waals surface area contributed by atoms with Gasteiger partial charge < -0.3 is 10.0 Å². The number of aromatic carboxylic acids is 1. The van der Waals surface area contributed by atoms with Crippen LogP contribution in [-0.2, 0) is 0 Å². The third-order valence-corrected chi connectivity index (χ3v) is 3.51. The normalized spacial score (nSPS) is 12.2. The summed E-state index contributed by atoms with van der Waals surface area (Å²) < 4.78 is 0. The zero-order chi connectivity index (χ0) is 12.8. The number of hydrogen-bond acceptors (Lipinski definition) is 4. The van der Waals surface area contributed by atoms with Crippen molar-refractivity contribution in [2.75, 3.05) is 24.0 Å². The summed E-state index contributed by atoms with van der Waals surface area (Å²) in [4.78, 5) is 17.2. The summed E-state index contributed by atoms with van der Waals surface area (Å²) in [6.45, 7) is 2.11. The molecule has 0 fully saturated rings. The number of carboxylic acid groups (broad SMARTS) is 1. The average molecular weight is 254 g/mol. The number of thioether (sulfide) groups is 1. The van der Waals surface area contributed by atoms with Gasteiger partial charge in [-0.15, -0.1) is 0 Å². The number of carbonyl (C=O) groups is 1. The van der Waals surface area contributed by atoms with Crippen molar-refractivity contribution in [3.63, 3.8) is 0 Å². The molecule has 1 aromatic heterocycles. The molecule has 1 rings (SSSR count). The topological polar surface area (TPSA) is 53.4 Å². The third-order valence-electron chi connectivity index (χ3n) is 2.79. The van der Waals surface area contributed by atoms with Crippen LogP contribution in [0, 0.1) is 0 Å². The zero-order valence-corrected chi connectivity index (χ0v) is 11.2. The molecule has 94 valence electrons. The minimum absolute atomic E-state index is 0.307. The highest BCUT2D eigenvalue weighted by Gasteiger charge is 2.18. The van der Waals surface area contributed by atoms with Crippen LogP contribution in [0.1, 0.15) is 23.7 Å². The molecule has 4 nitrogen and oxygen atoms in total. The van der Waals surface area contributed by atoms with Gasteiger partial charge in [0.25, 0.3) is 0 Å². The van der Waals surface area contributed by atoms with Gasteiger partial charge in [-0.25, -0.2) is 4.79 Å². The maximum atomic E-state index is 11.1. The smallest absolute Gasteiger partial charge is 0.337 e. The van der Waals surface area contributed by atoms with Crippen LogP contribution < -0.4 is 4.90 Å². The summed E-state index contributed by atoms with van der Waals surface area (Å²) in [6.07, 6.45) is 6.16. The van der Waals surface area contributed by atoms with E-state index < -0.39 is 5.97 Å². The monoisotopic (exact) mass is 254 g/mol. The van der Waals surface area contributed by atoms with Gasteiger partial charge in [-0.05, 0) is 18.7 Å². The Labute approximate surface area is 106 Å². The van der Waals surface area contributed by atoms with Gasteiger partial charge in [0.2, 0.25) is 0 Å². The van der Waals surface area contributed by atoms with Crippen LogP contribution in [0.4, 0.5) is 5.69 Å². The van der Waals surface area contributed by atoms with Gasteiger partial charge in [-0.3, -0.25) is 4.98 Å². The second kappa shape index (κ2) is 6.49. The lowest BCUT2D eigenvalue weighted by molar-refractivity contribution is 0.0697. The van der Waals surface area contributed by atoms with E-state index in [-0.39, 0.29) is 0 Å². The molecular formula is C12H18N2O2S. The first-order valence-corrected chi connectivity index (χ1v) is 6.90. The fourth-order valence-corrected chi connectivity index (χ4v) is 2.58. The Balaban J connectivity index is 3.01. The molecule has 0 bridgehead atoms. The van der Waals surface area contributed by atoms with Gasteiger partial charge in [0.1, 0.15) is 0 Å². The van der Waals surface area contributed by atoms with E-state index in [1.165, 1.54) is 6.20 Å². The minimum Gasteiger partial charge on any atom is -0.478 e. The summed E-state index contributed by atoms with van der Waals surface area (Å²) in [6, 6.07) is 1.87. The van der Waals surface area contributed by atoms with Crippen molar-refractivity contribution >= 4 is 23.4 Å². The van der Waals surface area contributed by atoms with Crippen LogP contribution in [0.15, 0.2) is 18.5 Å². The highest BCUT2D eigenvalue weighted by Crippen LogP contribution is 2.22. The second-order valence-corrected chi connectivity index (χ2v) is 4.74. The Kier molecular flexibility index (Phi) is 5.28. The van der Waals surface area contributed by atoms with E-state index in [1.54, 1.807) is 24.0 Å². The molecule has 1 heterocycles. The van der Waals surface area contributed by atoms with Gasteiger partial charge >= 0.3 is 5.97 Å². The maximum absolute atomic E-state index is 11.1. The fraction of sp³-hybridized carbons (Fsp3) is 0.500. The van der Waals surface area contributed by atoms with Crippen molar-refractivity contribution in [1.82, 2.24) is 4.98 Å². The highest BCUT2D eigenvalue weighted by molar-refractivity contribution is 7.98. The van der Waals surface area contributed by atoms with Crippen molar-refractivity contribution in [2.45, 2.75) is 19.4 Å². The number of carboxylic acids is 1. The van der Waals surface area contributed by atoms with E-state index in [0.29, 0.717) is 17.3 Å². The molecule has 0 aliphatic carbocycles. The summed E-state index contributed by atoms with van der Waals surface area (Å²) in [5.41, 5.74) is 0.989. The Morgan fingerprint density at radius 3 is 2.88 bits per heavy atom. The van der Waals surface area contributed by atoms with E-state index in [9.17, 15) is 4.79 Å². The van der Waals surface area contributed by atoms with E-state index in [4.69, 9.17) is 5.11 Å². The van der Waals surface area contributed by atoms with E-state index in [2.05, 4.69) is 18.2 Å². The van der Waals surface area contributed by atoms with Gasteiger partial charge in [0, 0.05) is 25.0 Å². The average Bonchev–Trinajstić information content (AvgIpc) is 2.35. The van der Waals surface area contributed by atoms with Crippen LogP contribution in [0.2, 0.25) is 0 Å². The van der Waals surface area contributed by atoms with Crippen LogP contribution >= 0.6 is 11.8 Å². The predicted molar refractivity (Wildman–Crippen MR) is 72.1 cm³/mol. The summed E-state index contributed by atoms with van der Waals surface area (Å²) >= 11 is 1.76. The highest BCUT2D eigenvalue weighted by atomic mass is 32.2. The van der Waals surface area contributed by atoms with Gasteiger partial charge in [-0.1, -0.05) is 6.92 Å². The lowest BCUT2D eigenvalue weighted by Gasteiger charge is -2.29. The number of aromatic nitrogens is 1. The van der Waals surface area contributed by atoms with Gasteiger partial charge in [-0.2, -0.15) is 11.8 Å². The molecule has 0 saturated heterocycles. The number of pyridine rings is 1. The number of anilines is 1. The number of rotatable bonds is 6. The Bertz CT molecular complexity index is 385. The Morgan fingerprint density at radius 2 is 2.35 bits per heavy atom. The molecule has 0 aliphatic rings. The largest absolute Gasteiger partial charge is 0.478 e. The van der Waals surface area contributed by atoms with Gasteiger partial charge in [0.05, 0.1) is 17.4 Å².